The molecule has 0 amide bonds. The van der Waals surface area contributed by atoms with Crippen LogP contribution < -0.4 is 23.8 Å². The molecular formula is C32H35N3O8. The predicted molar refractivity (Wildman–Crippen MR) is 160 cm³/mol. The molecule has 11 heteroatoms. The number of nitrogens with zero attached hydrogens (tertiary/aromatic N) is 3. The van der Waals surface area contributed by atoms with Crippen molar-refractivity contribution in [3.63, 3.8) is 0 Å². The van der Waals surface area contributed by atoms with Crippen LogP contribution in [0.15, 0.2) is 59.3 Å². The Balaban J connectivity index is 1.56. The molecule has 1 aliphatic heterocycles. The number of aromatic nitrogens is 2. The summed E-state index contributed by atoms with van der Waals surface area (Å²) in [5.74, 6) is 2.29. The first-order valence-electron chi connectivity index (χ1n) is 13.9. The zero-order valence-electron chi connectivity index (χ0n) is 24.9. The van der Waals surface area contributed by atoms with Crippen LogP contribution in [0.1, 0.15) is 30.0 Å². The van der Waals surface area contributed by atoms with E-state index >= 15 is 0 Å². The quantitative estimate of drug-likeness (QED) is 0.203. The number of fused-ring (bicyclic) bond motifs is 1. The van der Waals surface area contributed by atoms with Crippen LogP contribution in [0.4, 0.5) is 6.01 Å². The van der Waals surface area contributed by atoms with E-state index in [1.54, 1.807) is 53.8 Å². The summed E-state index contributed by atoms with van der Waals surface area (Å²) in [6.45, 7) is 3.21. The molecule has 3 heterocycles. The number of esters is 1. The molecule has 2 aromatic carbocycles. The van der Waals surface area contributed by atoms with Gasteiger partial charge in [-0.25, -0.2) is 4.79 Å². The Morgan fingerprint density at radius 1 is 0.930 bits per heavy atom. The number of ether oxygens (including phenoxy) is 6. The molecule has 11 nitrogen and oxygen atoms in total. The smallest absolute Gasteiger partial charge is 0.339 e. The third kappa shape index (κ3) is 6.51. The minimum absolute atomic E-state index is 0.276. The highest BCUT2D eigenvalue weighted by atomic mass is 16.6. The average Bonchev–Trinajstić information content (AvgIpc) is 3.49. The second-order valence-corrected chi connectivity index (χ2v) is 9.73. The fourth-order valence-corrected chi connectivity index (χ4v) is 4.97. The van der Waals surface area contributed by atoms with Gasteiger partial charge in [0.15, 0.2) is 11.7 Å². The molecule has 0 bridgehead atoms. The lowest BCUT2D eigenvalue weighted by Crippen LogP contribution is -2.28. The van der Waals surface area contributed by atoms with E-state index in [0.29, 0.717) is 66.2 Å². The first kappa shape index (κ1) is 29.7. The molecule has 5 rings (SSSR count). The van der Waals surface area contributed by atoms with E-state index in [-0.39, 0.29) is 6.61 Å². The van der Waals surface area contributed by atoms with Crippen molar-refractivity contribution in [2.24, 2.45) is 0 Å². The average molecular weight is 590 g/mol. The second-order valence-electron chi connectivity index (χ2n) is 9.73. The topological polar surface area (TPSA) is 115 Å². The summed E-state index contributed by atoms with van der Waals surface area (Å²) in [5, 5.41) is 0. The molecule has 1 atom stereocenters. The van der Waals surface area contributed by atoms with Crippen molar-refractivity contribution in [2.75, 3.05) is 46.6 Å². The van der Waals surface area contributed by atoms with Crippen LogP contribution in [-0.4, -0.2) is 63.7 Å². The van der Waals surface area contributed by atoms with E-state index in [1.807, 2.05) is 41.3 Å². The fraction of sp³-hybridized carbons (Fsp3) is 0.344. The number of anilines is 1. The lowest BCUT2D eigenvalue weighted by atomic mass is 10.0. The van der Waals surface area contributed by atoms with E-state index in [0.717, 1.165) is 22.3 Å². The molecule has 43 heavy (non-hydrogen) atoms. The van der Waals surface area contributed by atoms with Crippen LogP contribution in [0.2, 0.25) is 0 Å². The lowest BCUT2D eigenvalue weighted by molar-refractivity contribution is -0.153. The maximum atomic E-state index is 12.4. The molecule has 0 aliphatic carbocycles. The van der Waals surface area contributed by atoms with Gasteiger partial charge in [-0.1, -0.05) is 0 Å². The van der Waals surface area contributed by atoms with Crippen molar-refractivity contribution in [3.8, 4) is 23.0 Å². The first-order valence-corrected chi connectivity index (χ1v) is 13.9. The predicted octanol–water partition coefficient (Wildman–Crippen LogP) is 5.20. The Bertz CT molecular complexity index is 1560. The van der Waals surface area contributed by atoms with Crippen molar-refractivity contribution in [1.29, 1.82) is 0 Å². The van der Waals surface area contributed by atoms with E-state index in [2.05, 4.69) is 4.98 Å². The molecule has 0 fully saturated rings. The Hall–Kier alpha value is -4.77. The van der Waals surface area contributed by atoms with Crippen LogP contribution in [0.3, 0.4) is 0 Å². The summed E-state index contributed by atoms with van der Waals surface area (Å²) >= 11 is 0. The number of pyridine rings is 1. The highest BCUT2D eigenvalue weighted by Gasteiger charge is 2.26. The Morgan fingerprint density at radius 3 is 2.16 bits per heavy atom. The molecule has 1 aliphatic rings. The Kier molecular flexibility index (Phi) is 9.31. The zero-order chi connectivity index (χ0) is 30.3. The SMILES string of the molecule is CCOC(=O)C1C=C(c2cncc3nc(N(Cc4ccc(OC)cc4OC)Cc4ccc(OC)cc4OC)oc23)CCO1. The van der Waals surface area contributed by atoms with Gasteiger partial charge in [0.1, 0.15) is 28.5 Å². The monoisotopic (exact) mass is 589 g/mol. The third-order valence-electron chi connectivity index (χ3n) is 7.15. The zero-order valence-corrected chi connectivity index (χ0v) is 24.9. The Labute approximate surface area is 249 Å². The molecule has 0 N–H and O–H groups in total. The van der Waals surface area contributed by atoms with Gasteiger partial charge in [-0.05, 0) is 49.3 Å². The van der Waals surface area contributed by atoms with Crippen molar-refractivity contribution in [1.82, 2.24) is 9.97 Å². The summed E-state index contributed by atoms with van der Waals surface area (Å²) in [6.07, 6.45) is 4.95. The van der Waals surface area contributed by atoms with Crippen LogP contribution in [0, 0.1) is 0 Å². The van der Waals surface area contributed by atoms with Crippen molar-refractivity contribution in [2.45, 2.75) is 32.5 Å². The van der Waals surface area contributed by atoms with Gasteiger partial charge in [0.05, 0.1) is 60.9 Å². The molecule has 1 unspecified atom stereocenters. The molecule has 0 spiro atoms. The fourth-order valence-electron chi connectivity index (χ4n) is 4.97. The summed E-state index contributed by atoms with van der Waals surface area (Å²) in [7, 11) is 6.47. The first-order chi connectivity index (χ1) is 21.0. The summed E-state index contributed by atoms with van der Waals surface area (Å²) in [6, 6.07) is 11.7. The standard InChI is InChI=1S/C32H35N3O8/c1-6-41-31(36)29-13-20(11-12-42-29)25-16-33-17-26-30(25)43-32(34-26)35(18-21-7-9-23(37-2)14-27(21)39-4)19-22-8-10-24(38-3)15-28(22)40-5/h7-10,13-17,29H,6,11-12,18-19H2,1-5H3. The highest BCUT2D eigenvalue weighted by Crippen LogP contribution is 2.35. The minimum atomic E-state index is -0.789. The number of rotatable bonds is 12. The molecule has 226 valence electrons. The van der Waals surface area contributed by atoms with Crippen molar-refractivity contribution < 1.29 is 37.6 Å². The largest absolute Gasteiger partial charge is 0.497 e. The number of oxazole rings is 1. The number of methoxy groups -OCH3 is 4. The third-order valence-corrected chi connectivity index (χ3v) is 7.15. The van der Waals surface area contributed by atoms with Crippen LogP contribution >= 0.6 is 0 Å². The molecule has 2 aromatic heterocycles. The minimum Gasteiger partial charge on any atom is -0.497 e. The van der Waals surface area contributed by atoms with Gasteiger partial charge in [-0.3, -0.25) is 4.98 Å². The molecule has 4 aromatic rings. The normalized spacial score (nSPS) is 14.6. The summed E-state index contributed by atoms with van der Waals surface area (Å²) in [4.78, 5) is 23.6. The van der Waals surface area contributed by atoms with Gasteiger partial charge >= 0.3 is 5.97 Å². The van der Waals surface area contributed by atoms with Gasteiger partial charge in [0.2, 0.25) is 0 Å². The van der Waals surface area contributed by atoms with Gasteiger partial charge in [0, 0.05) is 35.0 Å². The van der Waals surface area contributed by atoms with E-state index in [1.165, 1.54) is 0 Å². The molecule has 0 saturated heterocycles. The lowest BCUT2D eigenvalue weighted by Gasteiger charge is -2.23. The van der Waals surface area contributed by atoms with Gasteiger partial charge < -0.3 is 37.7 Å². The van der Waals surface area contributed by atoms with E-state index < -0.39 is 12.1 Å². The number of benzene rings is 2. The molecule has 0 saturated carbocycles. The Morgan fingerprint density at radius 2 is 1.58 bits per heavy atom. The van der Waals surface area contributed by atoms with Gasteiger partial charge in [-0.15, -0.1) is 0 Å². The number of hydrogen-bond donors (Lipinski definition) is 0. The van der Waals surface area contributed by atoms with Crippen molar-refractivity contribution >= 4 is 28.7 Å². The van der Waals surface area contributed by atoms with Crippen LogP contribution in [0.5, 0.6) is 23.0 Å². The highest BCUT2D eigenvalue weighted by molar-refractivity contribution is 5.90. The van der Waals surface area contributed by atoms with E-state index in [9.17, 15) is 4.79 Å². The van der Waals surface area contributed by atoms with Crippen molar-refractivity contribution in [3.05, 3.63) is 71.6 Å². The van der Waals surface area contributed by atoms with Crippen LogP contribution in [-0.2, 0) is 27.4 Å². The van der Waals surface area contributed by atoms with Gasteiger partial charge in [0.25, 0.3) is 6.01 Å². The summed E-state index contributed by atoms with van der Waals surface area (Å²) in [5.41, 5.74) is 4.58. The number of carbonyl (C=O) groups excluding carboxylic acids is 1. The van der Waals surface area contributed by atoms with E-state index in [4.69, 9.17) is 37.8 Å². The number of carbonyl (C=O) groups is 1. The maximum Gasteiger partial charge on any atom is 0.339 e. The summed E-state index contributed by atoms with van der Waals surface area (Å²) < 4.78 is 39.5. The number of hydrogen-bond acceptors (Lipinski definition) is 11. The second kappa shape index (κ2) is 13.5. The molecule has 0 radical (unpaired) electrons. The van der Waals surface area contributed by atoms with Crippen LogP contribution in [0.25, 0.3) is 16.7 Å². The van der Waals surface area contributed by atoms with Gasteiger partial charge in [-0.2, -0.15) is 4.98 Å². The molecular weight excluding hydrogens is 554 g/mol. The maximum absolute atomic E-state index is 12.4.